The summed E-state index contributed by atoms with van der Waals surface area (Å²) in [6, 6.07) is 2.13. The molecular formula is C12H16BF4KO2. The third kappa shape index (κ3) is 7.42. The van der Waals surface area contributed by atoms with Crippen molar-refractivity contribution >= 4 is 12.4 Å². The molecule has 108 valence electrons. The summed E-state index contributed by atoms with van der Waals surface area (Å²) in [6.45, 7) is 0.500. The Labute approximate surface area is 158 Å². The summed E-state index contributed by atoms with van der Waals surface area (Å²) in [7, 11) is 0. The predicted molar refractivity (Wildman–Crippen MR) is 66.3 cm³/mol. The molecule has 1 aromatic rings. The minimum Gasteiger partial charge on any atom is -0.488 e. The maximum Gasteiger partial charge on any atom is 1.00 e. The molecule has 8 heteroatoms. The Bertz CT molecular complexity index is 432. The van der Waals surface area contributed by atoms with Crippen molar-refractivity contribution < 1.29 is 78.2 Å². The fourth-order valence-corrected chi connectivity index (χ4v) is 1.33. The van der Waals surface area contributed by atoms with Gasteiger partial charge in [-0.15, -0.1) is 5.46 Å². The number of rotatable bonds is 5. The average Bonchev–Trinajstić information content (AvgIpc) is 2.23. The molecule has 0 aromatic heterocycles. The number of benzene rings is 1. The SMILES string of the molecule is CC(C)(C)OCCOc1cc([B-](F)(F)F)ccc1F.[K+]. The van der Waals surface area contributed by atoms with Gasteiger partial charge in [-0.05, 0) is 32.9 Å². The van der Waals surface area contributed by atoms with Gasteiger partial charge in [0.1, 0.15) is 6.61 Å². The average molecular weight is 318 g/mol. The molecule has 0 aliphatic heterocycles. The van der Waals surface area contributed by atoms with E-state index >= 15 is 0 Å². The molecule has 0 aliphatic carbocycles. The molecule has 0 spiro atoms. The number of halogens is 4. The first kappa shape index (κ1) is 20.4. The Hall–Kier alpha value is 0.401. The minimum absolute atomic E-state index is 0. The standard InChI is InChI=1S/C12H16BF4O2.K/c1-12(2,3)19-7-6-18-11-8-9(13(15,16)17)4-5-10(11)14;/h4-5,8H,6-7H2,1-3H3;/q-1;+1. The molecule has 0 aliphatic rings. The van der Waals surface area contributed by atoms with Crippen LogP contribution in [0.2, 0.25) is 0 Å². The van der Waals surface area contributed by atoms with Gasteiger partial charge in [-0.3, -0.25) is 0 Å². The molecule has 0 N–H and O–H groups in total. The summed E-state index contributed by atoms with van der Waals surface area (Å²) in [6.07, 6.45) is 0. The zero-order valence-electron chi connectivity index (χ0n) is 12.1. The van der Waals surface area contributed by atoms with Crippen molar-refractivity contribution in [1.82, 2.24) is 0 Å². The number of hydrogen-bond donors (Lipinski definition) is 0. The third-order valence-electron chi connectivity index (χ3n) is 2.21. The van der Waals surface area contributed by atoms with Crippen LogP contribution in [-0.4, -0.2) is 25.8 Å². The van der Waals surface area contributed by atoms with E-state index in [2.05, 4.69) is 0 Å². The smallest absolute Gasteiger partial charge is 0.488 e. The van der Waals surface area contributed by atoms with Gasteiger partial charge in [0.25, 0.3) is 0 Å². The van der Waals surface area contributed by atoms with E-state index in [9.17, 15) is 17.3 Å². The molecule has 0 radical (unpaired) electrons. The molecule has 20 heavy (non-hydrogen) atoms. The first-order chi connectivity index (χ1) is 8.59. The second-order valence-electron chi connectivity index (χ2n) is 5.07. The van der Waals surface area contributed by atoms with Crippen LogP contribution < -0.4 is 61.6 Å². The van der Waals surface area contributed by atoms with Gasteiger partial charge in [0.05, 0.1) is 12.2 Å². The molecule has 0 heterocycles. The summed E-state index contributed by atoms with van der Waals surface area (Å²) in [5, 5.41) is 0. The Balaban J connectivity index is 0.00000361. The van der Waals surface area contributed by atoms with Crippen molar-refractivity contribution in [3.05, 3.63) is 24.0 Å². The van der Waals surface area contributed by atoms with Crippen molar-refractivity contribution in [3.63, 3.8) is 0 Å². The summed E-state index contributed by atoms with van der Waals surface area (Å²) in [4.78, 5) is 0. The topological polar surface area (TPSA) is 18.5 Å². The summed E-state index contributed by atoms with van der Waals surface area (Å²) < 4.78 is 61.1. The Morgan fingerprint density at radius 2 is 1.70 bits per heavy atom. The molecule has 1 rings (SSSR count). The zero-order valence-corrected chi connectivity index (χ0v) is 15.2. The minimum atomic E-state index is -5.16. The van der Waals surface area contributed by atoms with E-state index in [0.29, 0.717) is 12.1 Å². The monoisotopic (exact) mass is 318 g/mol. The van der Waals surface area contributed by atoms with E-state index in [1.54, 1.807) is 0 Å². The van der Waals surface area contributed by atoms with Crippen molar-refractivity contribution in [2.45, 2.75) is 26.4 Å². The molecule has 2 nitrogen and oxygen atoms in total. The first-order valence-corrected chi connectivity index (χ1v) is 5.86. The fraction of sp³-hybridized carbons (Fsp3) is 0.500. The largest absolute Gasteiger partial charge is 1.00 e. The van der Waals surface area contributed by atoms with Gasteiger partial charge in [0, 0.05) is 0 Å². The summed E-state index contributed by atoms with van der Waals surface area (Å²) >= 11 is 0. The van der Waals surface area contributed by atoms with Gasteiger partial charge < -0.3 is 22.4 Å². The van der Waals surface area contributed by atoms with Crippen LogP contribution in [0, 0.1) is 5.82 Å². The van der Waals surface area contributed by atoms with Crippen LogP contribution in [-0.2, 0) is 4.74 Å². The normalized spacial score (nSPS) is 11.9. The molecule has 0 unspecified atom stereocenters. The van der Waals surface area contributed by atoms with Crippen molar-refractivity contribution in [2.24, 2.45) is 0 Å². The number of hydrogen-bond acceptors (Lipinski definition) is 2. The maximum absolute atomic E-state index is 13.3. The van der Waals surface area contributed by atoms with E-state index < -0.39 is 24.0 Å². The molecular weight excluding hydrogens is 302 g/mol. The van der Waals surface area contributed by atoms with E-state index in [1.807, 2.05) is 20.8 Å². The van der Waals surface area contributed by atoms with Crippen LogP contribution in [0.1, 0.15) is 20.8 Å². The maximum atomic E-state index is 13.3. The molecule has 0 saturated heterocycles. The van der Waals surface area contributed by atoms with Crippen LogP contribution in [0.15, 0.2) is 18.2 Å². The van der Waals surface area contributed by atoms with Gasteiger partial charge in [-0.25, -0.2) is 4.39 Å². The first-order valence-electron chi connectivity index (χ1n) is 5.86. The molecule has 0 fully saturated rings. The Morgan fingerprint density at radius 1 is 1.10 bits per heavy atom. The predicted octanol–water partition coefficient (Wildman–Crippen LogP) is 0.0780. The van der Waals surface area contributed by atoms with Gasteiger partial charge >= 0.3 is 58.4 Å². The molecule has 1 aromatic carbocycles. The van der Waals surface area contributed by atoms with E-state index in [-0.39, 0.29) is 70.2 Å². The Kier molecular flexibility index (Phi) is 8.31. The van der Waals surface area contributed by atoms with Gasteiger partial charge in [-0.1, -0.05) is 6.07 Å². The van der Waals surface area contributed by atoms with Crippen molar-refractivity contribution in [2.75, 3.05) is 13.2 Å². The Morgan fingerprint density at radius 3 is 2.20 bits per heavy atom. The van der Waals surface area contributed by atoms with E-state index in [4.69, 9.17) is 9.47 Å². The van der Waals surface area contributed by atoms with Gasteiger partial charge in [0.15, 0.2) is 11.6 Å². The van der Waals surface area contributed by atoms with Gasteiger partial charge in [0.2, 0.25) is 0 Å². The second-order valence-corrected chi connectivity index (χ2v) is 5.07. The van der Waals surface area contributed by atoms with Crippen molar-refractivity contribution in [1.29, 1.82) is 0 Å². The van der Waals surface area contributed by atoms with Crippen LogP contribution in [0.5, 0.6) is 5.75 Å². The zero-order chi connectivity index (χ0) is 14.7. The fourth-order valence-electron chi connectivity index (χ4n) is 1.33. The molecule has 0 bridgehead atoms. The van der Waals surface area contributed by atoms with Crippen LogP contribution >= 0.6 is 0 Å². The van der Waals surface area contributed by atoms with Crippen LogP contribution in [0.4, 0.5) is 17.3 Å². The van der Waals surface area contributed by atoms with Crippen LogP contribution in [0.25, 0.3) is 0 Å². The second kappa shape index (κ2) is 8.14. The molecule has 0 amide bonds. The third-order valence-corrected chi connectivity index (χ3v) is 2.21. The number of ether oxygens (including phenoxy) is 2. The quantitative estimate of drug-likeness (QED) is 0.435. The summed E-state index contributed by atoms with van der Waals surface area (Å²) in [5.41, 5.74) is -1.26. The van der Waals surface area contributed by atoms with Crippen molar-refractivity contribution in [3.8, 4) is 5.75 Å². The molecule has 0 atom stereocenters. The molecule has 0 saturated carbocycles. The van der Waals surface area contributed by atoms with Gasteiger partial charge in [-0.2, -0.15) is 0 Å². The van der Waals surface area contributed by atoms with Crippen LogP contribution in [0.3, 0.4) is 0 Å². The summed E-state index contributed by atoms with van der Waals surface area (Å²) in [5.74, 6) is -1.23. The van der Waals surface area contributed by atoms with E-state index in [0.717, 1.165) is 6.07 Å². The van der Waals surface area contributed by atoms with E-state index in [1.165, 1.54) is 0 Å².